The molecule has 0 aliphatic heterocycles. The second-order valence-corrected chi connectivity index (χ2v) is 4.27. The molecular formula is C12H16O4. The van der Waals surface area contributed by atoms with Crippen molar-refractivity contribution in [2.45, 2.75) is 32.3 Å². The number of ether oxygens (including phenoxy) is 1. The smallest absolute Gasteiger partial charge is 0.338 e. The van der Waals surface area contributed by atoms with Crippen molar-refractivity contribution in [2.75, 3.05) is 6.61 Å². The lowest BCUT2D eigenvalue weighted by Gasteiger charge is -2.08. The Balaban J connectivity index is 1.74. The highest BCUT2D eigenvalue weighted by Crippen LogP contribution is 2.25. The minimum absolute atomic E-state index is 0.180. The van der Waals surface area contributed by atoms with Crippen molar-refractivity contribution in [3.8, 4) is 0 Å². The third kappa shape index (κ3) is 2.85. The van der Waals surface area contributed by atoms with E-state index in [0.717, 1.165) is 6.61 Å². The molecule has 0 aromatic carbocycles. The number of carbonyl (C=O) groups is 1. The third-order valence-corrected chi connectivity index (χ3v) is 2.97. The van der Waals surface area contributed by atoms with E-state index in [9.17, 15) is 4.79 Å². The van der Waals surface area contributed by atoms with Gasteiger partial charge in [-0.3, -0.25) is 0 Å². The Morgan fingerprint density at radius 3 is 2.88 bits per heavy atom. The third-order valence-electron chi connectivity index (χ3n) is 2.97. The number of hydrogen-bond acceptors (Lipinski definition) is 3. The van der Waals surface area contributed by atoms with Crippen LogP contribution in [0.2, 0.25) is 0 Å². The van der Waals surface area contributed by atoms with Crippen LogP contribution in [0.3, 0.4) is 0 Å². The second kappa shape index (κ2) is 5.16. The van der Waals surface area contributed by atoms with Crippen molar-refractivity contribution < 1.29 is 19.1 Å². The van der Waals surface area contributed by atoms with Gasteiger partial charge in [-0.2, -0.15) is 0 Å². The van der Waals surface area contributed by atoms with Gasteiger partial charge < -0.3 is 14.3 Å². The normalized spacial score (nSPS) is 16.8. The Kier molecular flexibility index (Phi) is 3.62. The van der Waals surface area contributed by atoms with Crippen LogP contribution in [-0.4, -0.2) is 17.7 Å². The van der Waals surface area contributed by atoms with E-state index in [-0.39, 0.29) is 5.56 Å². The van der Waals surface area contributed by atoms with Crippen molar-refractivity contribution in [3.63, 3.8) is 0 Å². The van der Waals surface area contributed by atoms with Gasteiger partial charge in [-0.15, -0.1) is 0 Å². The summed E-state index contributed by atoms with van der Waals surface area (Å²) in [4.78, 5) is 10.6. The molecule has 0 radical (unpaired) electrons. The molecule has 1 aliphatic rings. The first-order valence-electron chi connectivity index (χ1n) is 5.64. The van der Waals surface area contributed by atoms with Crippen LogP contribution in [0.25, 0.3) is 0 Å². The Hall–Kier alpha value is -1.29. The highest BCUT2D eigenvalue weighted by molar-refractivity contribution is 5.87. The van der Waals surface area contributed by atoms with Gasteiger partial charge in [-0.05, 0) is 24.8 Å². The number of carboxylic acids is 1. The summed E-state index contributed by atoms with van der Waals surface area (Å²) in [6, 6.07) is 1.51. The zero-order valence-corrected chi connectivity index (χ0v) is 9.15. The molecule has 0 spiro atoms. The summed E-state index contributed by atoms with van der Waals surface area (Å²) >= 11 is 0. The molecule has 1 fully saturated rings. The molecule has 88 valence electrons. The van der Waals surface area contributed by atoms with E-state index < -0.39 is 5.97 Å². The Bertz CT molecular complexity index is 350. The molecule has 4 nitrogen and oxygen atoms in total. The summed E-state index contributed by atoms with van der Waals surface area (Å²) in [7, 11) is 0. The van der Waals surface area contributed by atoms with Gasteiger partial charge >= 0.3 is 5.97 Å². The standard InChI is InChI=1S/C12H16O4/c13-12(14)10-5-11(16-7-10)8-15-6-9-3-1-2-4-9/h5,7,9H,1-4,6,8H2,(H,13,14). The molecule has 2 rings (SSSR count). The highest BCUT2D eigenvalue weighted by atomic mass is 16.5. The fourth-order valence-corrected chi connectivity index (χ4v) is 2.07. The molecule has 0 atom stereocenters. The topological polar surface area (TPSA) is 59.7 Å². The predicted molar refractivity (Wildman–Crippen MR) is 57.3 cm³/mol. The zero-order chi connectivity index (χ0) is 11.4. The minimum atomic E-state index is -0.967. The SMILES string of the molecule is O=C(O)c1coc(COCC2CCCC2)c1. The van der Waals surface area contributed by atoms with Gasteiger partial charge in [0.15, 0.2) is 0 Å². The zero-order valence-electron chi connectivity index (χ0n) is 9.15. The molecule has 0 saturated heterocycles. The molecule has 0 bridgehead atoms. The lowest BCUT2D eigenvalue weighted by Crippen LogP contribution is -2.04. The molecule has 16 heavy (non-hydrogen) atoms. The van der Waals surface area contributed by atoms with Crippen molar-refractivity contribution in [1.29, 1.82) is 0 Å². The van der Waals surface area contributed by atoms with E-state index in [2.05, 4.69) is 0 Å². The molecule has 1 heterocycles. The van der Waals surface area contributed by atoms with Crippen LogP contribution in [0.4, 0.5) is 0 Å². The van der Waals surface area contributed by atoms with Crippen LogP contribution in [0.5, 0.6) is 0 Å². The van der Waals surface area contributed by atoms with Crippen LogP contribution < -0.4 is 0 Å². The van der Waals surface area contributed by atoms with Gasteiger partial charge in [0.1, 0.15) is 18.6 Å². The van der Waals surface area contributed by atoms with Gasteiger partial charge in [0.2, 0.25) is 0 Å². The van der Waals surface area contributed by atoms with E-state index in [0.29, 0.717) is 18.3 Å². The first-order valence-corrected chi connectivity index (χ1v) is 5.64. The number of carboxylic acid groups (broad SMARTS) is 1. The van der Waals surface area contributed by atoms with Crippen molar-refractivity contribution in [3.05, 3.63) is 23.7 Å². The monoisotopic (exact) mass is 224 g/mol. The van der Waals surface area contributed by atoms with Gasteiger partial charge in [0.05, 0.1) is 5.56 Å². The largest absolute Gasteiger partial charge is 0.478 e. The summed E-state index contributed by atoms with van der Waals surface area (Å²) in [6.07, 6.45) is 6.35. The number of aromatic carboxylic acids is 1. The fourth-order valence-electron chi connectivity index (χ4n) is 2.07. The predicted octanol–water partition coefficient (Wildman–Crippen LogP) is 2.68. The maximum Gasteiger partial charge on any atom is 0.338 e. The minimum Gasteiger partial charge on any atom is -0.478 e. The second-order valence-electron chi connectivity index (χ2n) is 4.27. The average molecular weight is 224 g/mol. The lowest BCUT2D eigenvalue weighted by atomic mass is 10.1. The molecule has 1 saturated carbocycles. The summed E-state index contributed by atoms with van der Waals surface area (Å²) in [5, 5.41) is 8.70. The first kappa shape index (κ1) is 11.2. The van der Waals surface area contributed by atoms with E-state index in [4.69, 9.17) is 14.3 Å². The molecular weight excluding hydrogens is 208 g/mol. The first-order chi connectivity index (χ1) is 7.75. The maximum absolute atomic E-state index is 10.6. The molecule has 1 aliphatic carbocycles. The summed E-state index contributed by atoms with van der Waals surface area (Å²) in [5.41, 5.74) is 0.180. The van der Waals surface area contributed by atoms with Gasteiger partial charge in [0.25, 0.3) is 0 Å². The van der Waals surface area contributed by atoms with Crippen molar-refractivity contribution in [1.82, 2.24) is 0 Å². The number of furan rings is 1. The van der Waals surface area contributed by atoms with E-state index in [1.807, 2.05) is 0 Å². The molecule has 1 aromatic heterocycles. The van der Waals surface area contributed by atoms with Crippen molar-refractivity contribution in [2.24, 2.45) is 5.92 Å². The molecule has 1 aromatic rings. The molecule has 0 amide bonds. The van der Waals surface area contributed by atoms with E-state index in [1.165, 1.54) is 38.0 Å². The van der Waals surface area contributed by atoms with E-state index >= 15 is 0 Å². The maximum atomic E-state index is 10.6. The summed E-state index contributed by atoms with van der Waals surface area (Å²) in [5.74, 6) is 0.287. The lowest BCUT2D eigenvalue weighted by molar-refractivity contribution is 0.0696. The number of hydrogen-bond donors (Lipinski definition) is 1. The molecule has 4 heteroatoms. The van der Waals surface area contributed by atoms with Crippen LogP contribution in [0.15, 0.2) is 16.7 Å². The Labute approximate surface area is 94.2 Å². The van der Waals surface area contributed by atoms with Crippen LogP contribution in [0.1, 0.15) is 41.8 Å². The summed E-state index contributed by atoms with van der Waals surface area (Å²) < 4.78 is 10.6. The Morgan fingerprint density at radius 1 is 1.50 bits per heavy atom. The fraction of sp³-hybridized carbons (Fsp3) is 0.583. The van der Waals surface area contributed by atoms with Crippen LogP contribution >= 0.6 is 0 Å². The Morgan fingerprint density at radius 2 is 2.25 bits per heavy atom. The quantitative estimate of drug-likeness (QED) is 0.835. The van der Waals surface area contributed by atoms with E-state index in [1.54, 1.807) is 0 Å². The molecule has 1 N–H and O–H groups in total. The van der Waals surface area contributed by atoms with Crippen LogP contribution in [0, 0.1) is 5.92 Å². The van der Waals surface area contributed by atoms with Crippen molar-refractivity contribution >= 4 is 5.97 Å². The van der Waals surface area contributed by atoms with Gasteiger partial charge in [-0.25, -0.2) is 4.79 Å². The highest BCUT2D eigenvalue weighted by Gasteiger charge is 2.15. The number of rotatable bonds is 5. The van der Waals surface area contributed by atoms with Gasteiger partial charge in [0, 0.05) is 6.61 Å². The molecule has 0 unspecified atom stereocenters. The van der Waals surface area contributed by atoms with Gasteiger partial charge in [-0.1, -0.05) is 12.8 Å². The summed E-state index contributed by atoms with van der Waals surface area (Å²) in [6.45, 7) is 1.12. The van der Waals surface area contributed by atoms with Crippen LogP contribution in [-0.2, 0) is 11.3 Å². The average Bonchev–Trinajstić information content (AvgIpc) is 2.87.